The standard InChI is InChI=1S/C26H30N6O/c1-19-23-10-6-14-31(16-11-22-9-2-3-13-28-22)25(23)30-24(29-19)21-8-5-15-32(18-21)26(33)20-7-4-12-27-17-20/h2-4,7,9,12-13,17,21H,5-6,8,10-11,14-16,18H2,1H3. The molecular formula is C26H30N6O. The minimum atomic E-state index is 0.0412. The molecule has 170 valence electrons. The van der Waals surface area contributed by atoms with Gasteiger partial charge < -0.3 is 9.80 Å². The van der Waals surface area contributed by atoms with Crippen LogP contribution in [0.5, 0.6) is 0 Å². The number of aromatic nitrogens is 4. The van der Waals surface area contributed by atoms with Crippen LogP contribution in [-0.2, 0) is 12.8 Å². The van der Waals surface area contributed by atoms with E-state index in [1.807, 2.05) is 35.4 Å². The molecule has 0 aliphatic carbocycles. The van der Waals surface area contributed by atoms with E-state index in [-0.39, 0.29) is 11.8 Å². The van der Waals surface area contributed by atoms with Crippen molar-refractivity contribution in [2.75, 3.05) is 31.1 Å². The van der Waals surface area contributed by atoms with E-state index < -0.39 is 0 Å². The summed E-state index contributed by atoms with van der Waals surface area (Å²) in [6, 6.07) is 9.72. The Morgan fingerprint density at radius 1 is 1.09 bits per heavy atom. The monoisotopic (exact) mass is 442 g/mol. The maximum Gasteiger partial charge on any atom is 0.255 e. The second-order valence-corrected chi connectivity index (χ2v) is 8.96. The predicted molar refractivity (Wildman–Crippen MR) is 127 cm³/mol. The summed E-state index contributed by atoms with van der Waals surface area (Å²) >= 11 is 0. The van der Waals surface area contributed by atoms with Crippen LogP contribution in [0.15, 0.2) is 48.9 Å². The number of pyridine rings is 2. The minimum Gasteiger partial charge on any atom is -0.356 e. The molecule has 1 unspecified atom stereocenters. The number of carbonyl (C=O) groups excluding carboxylic acids is 1. The summed E-state index contributed by atoms with van der Waals surface area (Å²) in [6.45, 7) is 5.43. The highest BCUT2D eigenvalue weighted by Gasteiger charge is 2.30. The average molecular weight is 443 g/mol. The van der Waals surface area contributed by atoms with Crippen LogP contribution in [0, 0.1) is 6.92 Å². The molecule has 0 bridgehead atoms. The van der Waals surface area contributed by atoms with Crippen LogP contribution in [0.2, 0.25) is 0 Å². The fourth-order valence-electron chi connectivity index (χ4n) is 4.95. The summed E-state index contributed by atoms with van der Waals surface area (Å²) in [5, 5.41) is 0. The topological polar surface area (TPSA) is 75.1 Å². The molecule has 1 amide bonds. The lowest BCUT2D eigenvalue weighted by atomic mass is 9.95. The van der Waals surface area contributed by atoms with Crippen molar-refractivity contribution >= 4 is 11.7 Å². The molecule has 0 radical (unpaired) electrons. The van der Waals surface area contributed by atoms with Gasteiger partial charge >= 0.3 is 0 Å². The number of hydrogen-bond donors (Lipinski definition) is 0. The van der Waals surface area contributed by atoms with Crippen LogP contribution in [-0.4, -0.2) is 56.9 Å². The molecule has 1 fully saturated rings. The Bertz CT molecular complexity index is 1100. The molecule has 3 aromatic rings. The lowest BCUT2D eigenvalue weighted by Gasteiger charge is -2.34. The van der Waals surface area contributed by atoms with Crippen molar-refractivity contribution in [1.82, 2.24) is 24.8 Å². The Hall–Kier alpha value is -3.35. The summed E-state index contributed by atoms with van der Waals surface area (Å²) in [5.41, 5.74) is 4.09. The number of amides is 1. The summed E-state index contributed by atoms with van der Waals surface area (Å²) < 4.78 is 0. The van der Waals surface area contributed by atoms with Crippen LogP contribution in [0.4, 0.5) is 5.82 Å². The lowest BCUT2D eigenvalue weighted by Crippen LogP contribution is -2.40. The zero-order valence-electron chi connectivity index (χ0n) is 19.2. The number of anilines is 1. The molecule has 7 heteroatoms. The van der Waals surface area contributed by atoms with Gasteiger partial charge in [0, 0.05) is 74.1 Å². The SMILES string of the molecule is Cc1nc(C2CCCN(C(=O)c3cccnc3)C2)nc2c1CCCN2CCc1ccccn1. The summed E-state index contributed by atoms with van der Waals surface area (Å²) in [6.07, 6.45) is 10.2. The van der Waals surface area contributed by atoms with Gasteiger partial charge in [0.25, 0.3) is 5.91 Å². The molecule has 5 heterocycles. The van der Waals surface area contributed by atoms with E-state index in [4.69, 9.17) is 9.97 Å². The Labute approximate surface area is 194 Å². The maximum atomic E-state index is 13.0. The van der Waals surface area contributed by atoms with Gasteiger partial charge in [-0.2, -0.15) is 0 Å². The molecule has 0 aromatic carbocycles. The van der Waals surface area contributed by atoms with Gasteiger partial charge in [0.05, 0.1) is 5.56 Å². The van der Waals surface area contributed by atoms with Crippen molar-refractivity contribution in [1.29, 1.82) is 0 Å². The van der Waals surface area contributed by atoms with Gasteiger partial charge in [-0.3, -0.25) is 14.8 Å². The molecule has 0 saturated carbocycles. The number of likely N-dealkylation sites (tertiary alicyclic amines) is 1. The van der Waals surface area contributed by atoms with E-state index >= 15 is 0 Å². The van der Waals surface area contributed by atoms with Crippen LogP contribution in [0.1, 0.15) is 58.3 Å². The molecule has 5 rings (SSSR count). The molecule has 33 heavy (non-hydrogen) atoms. The highest BCUT2D eigenvalue weighted by Crippen LogP contribution is 2.32. The quantitative estimate of drug-likeness (QED) is 0.601. The first-order chi connectivity index (χ1) is 16.2. The molecule has 7 nitrogen and oxygen atoms in total. The molecule has 0 N–H and O–H groups in total. The van der Waals surface area contributed by atoms with Crippen molar-refractivity contribution < 1.29 is 4.79 Å². The van der Waals surface area contributed by atoms with Gasteiger partial charge in [0.1, 0.15) is 11.6 Å². The average Bonchev–Trinajstić information content (AvgIpc) is 2.88. The number of nitrogens with zero attached hydrogens (tertiary/aromatic N) is 6. The van der Waals surface area contributed by atoms with Gasteiger partial charge in [-0.1, -0.05) is 6.07 Å². The van der Waals surface area contributed by atoms with Crippen LogP contribution in [0.25, 0.3) is 0 Å². The predicted octanol–water partition coefficient (Wildman–Crippen LogP) is 3.59. The van der Waals surface area contributed by atoms with E-state index in [9.17, 15) is 4.79 Å². The fourth-order valence-corrected chi connectivity index (χ4v) is 4.95. The largest absolute Gasteiger partial charge is 0.356 e. The first kappa shape index (κ1) is 21.5. The highest BCUT2D eigenvalue weighted by molar-refractivity contribution is 5.94. The number of rotatable bonds is 5. The molecular weight excluding hydrogens is 412 g/mol. The van der Waals surface area contributed by atoms with Crippen LogP contribution >= 0.6 is 0 Å². The zero-order chi connectivity index (χ0) is 22.6. The fraction of sp³-hybridized carbons (Fsp3) is 0.423. The number of carbonyl (C=O) groups is 1. The third kappa shape index (κ3) is 4.72. The zero-order valence-corrected chi connectivity index (χ0v) is 19.2. The summed E-state index contributed by atoms with van der Waals surface area (Å²) in [7, 11) is 0. The number of hydrogen-bond acceptors (Lipinski definition) is 6. The van der Waals surface area contributed by atoms with Gasteiger partial charge in [0.2, 0.25) is 0 Å². The van der Waals surface area contributed by atoms with Crippen LogP contribution < -0.4 is 4.90 Å². The second kappa shape index (κ2) is 9.65. The first-order valence-corrected chi connectivity index (χ1v) is 11.9. The molecule has 0 spiro atoms. The number of piperidine rings is 1. The normalized spacial score (nSPS) is 18.2. The van der Waals surface area contributed by atoms with E-state index in [0.717, 1.165) is 74.8 Å². The van der Waals surface area contributed by atoms with Crippen LogP contribution in [0.3, 0.4) is 0 Å². The van der Waals surface area contributed by atoms with Gasteiger partial charge in [-0.05, 0) is 56.9 Å². The number of aryl methyl sites for hydroxylation is 1. The summed E-state index contributed by atoms with van der Waals surface area (Å²) in [4.78, 5) is 35.9. The van der Waals surface area contributed by atoms with Crippen molar-refractivity contribution in [2.24, 2.45) is 0 Å². The maximum absolute atomic E-state index is 13.0. The number of fused-ring (bicyclic) bond motifs is 1. The summed E-state index contributed by atoms with van der Waals surface area (Å²) in [5.74, 6) is 2.15. The first-order valence-electron chi connectivity index (χ1n) is 11.9. The Kier molecular flexibility index (Phi) is 6.28. The second-order valence-electron chi connectivity index (χ2n) is 8.96. The lowest BCUT2D eigenvalue weighted by molar-refractivity contribution is 0.0704. The van der Waals surface area contributed by atoms with Crippen molar-refractivity contribution in [3.8, 4) is 0 Å². The van der Waals surface area contributed by atoms with Gasteiger partial charge in [0.15, 0.2) is 0 Å². The van der Waals surface area contributed by atoms with Crippen molar-refractivity contribution in [2.45, 2.75) is 44.9 Å². The van der Waals surface area contributed by atoms with E-state index in [1.165, 1.54) is 5.56 Å². The molecule has 2 aliphatic heterocycles. The van der Waals surface area contributed by atoms with E-state index in [2.05, 4.69) is 27.9 Å². The third-order valence-electron chi connectivity index (χ3n) is 6.71. The van der Waals surface area contributed by atoms with Gasteiger partial charge in [-0.25, -0.2) is 9.97 Å². The van der Waals surface area contributed by atoms with Crippen molar-refractivity contribution in [3.63, 3.8) is 0 Å². The molecule has 1 atom stereocenters. The highest BCUT2D eigenvalue weighted by atomic mass is 16.2. The van der Waals surface area contributed by atoms with Crippen molar-refractivity contribution in [3.05, 3.63) is 77.3 Å². The smallest absolute Gasteiger partial charge is 0.255 e. The van der Waals surface area contributed by atoms with E-state index in [0.29, 0.717) is 12.1 Å². The van der Waals surface area contributed by atoms with Gasteiger partial charge in [-0.15, -0.1) is 0 Å². The van der Waals surface area contributed by atoms with E-state index in [1.54, 1.807) is 12.4 Å². The Balaban J connectivity index is 1.35. The molecule has 3 aromatic heterocycles. The molecule has 2 aliphatic rings. The third-order valence-corrected chi connectivity index (χ3v) is 6.71. The Morgan fingerprint density at radius 2 is 2.03 bits per heavy atom. The Morgan fingerprint density at radius 3 is 2.85 bits per heavy atom. The molecule has 1 saturated heterocycles. The minimum absolute atomic E-state index is 0.0412.